The van der Waals surface area contributed by atoms with Crippen LogP contribution in [-0.4, -0.2) is 18.2 Å². The molecule has 0 bridgehead atoms. The summed E-state index contributed by atoms with van der Waals surface area (Å²) in [6.45, 7) is 2.51. The predicted molar refractivity (Wildman–Crippen MR) is 113 cm³/mol. The van der Waals surface area contributed by atoms with Gasteiger partial charge < -0.3 is 14.8 Å². The van der Waals surface area contributed by atoms with Crippen LogP contribution in [0.4, 0.5) is 0 Å². The van der Waals surface area contributed by atoms with Crippen molar-refractivity contribution in [2.24, 2.45) is 0 Å². The number of thioether (sulfide) groups is 1. The number of hydrogen-bond acceptors (Lipinski definition) is 5. The number of amidine groups is 1. The van der Waals surface area contributed by atoms with Crippen LogP contribution in [-0.2, 0) is 11.4 Å². The highest BCUT2D eigenvalue weighted by molar-refractivity contribution is 14.1. The molecule has 7 heteroatoms. The Morgan fingerprint density at radius 1 is 1.31 bits per heavy atom. The molecule has 26 heavy (non-hydrogen) atoms. The van der Waals surface area contributed by atoms with E-state index in [4.69, 9.17) is 14.9 Å². The molecule has 2 aromatic rings. The highest BCUT2D eigenvalue weighted by atomic mass is 127. The molecule has 0 radical (unpaired) electrons. The Morgan fingerprint density at radius 2 is 2.08 bits per heavy atom. The Kier molecular flexibility index (Phi) is 5.87. The van der Waals surface area contributed by atoms with Gasteiger partial charge in [-0.3, -0.25) is 10.2 Å². The molecule has 1 saturated heterocycles. The van der Waals surface area contributed by atoms with E-state index < -0.39 is 0 Å². The van der Waals surface area contributed by atoms with Crippen molar-refractivity contribution in [1.82, 2.24) is 5.32 Å². The van der Waals surface area contributed by atoms with Crippen LogP contribution >= 0.6 is 34.4 Å². The number of carbonyl (C=O) groups excluding carboxylic acids is 1. The van der Waals surface area contributed by atoms with E-state index in [1.165, 1.54) is 5.56 Å². The lowest BCUT2D eigenvalue weighted by molar-refractivity contribution is -0.115. The van der Waals surface area contributed by atoms with Gasteiger partial charge >= 0.3 is 0 Å². The van der Waals surface area contributed by atoms with E-state index in [0.717, 1.165) is 26.5 Å². The van der Waals surface area contributed by atoms with Gasteiger partial charge in [0.05, 0.1) is 15.6 Å². The fourth-order valence-corrected chi connectivity index (χ4v) is 3.96. The third-order valence-electron chi connectivity index (χ3n) is 3.85. The molecule has 0 spiro atoms. The van der Waals surface area contributed by atoms with Gasteiger partial charge in [0.2, 0.25) is 0 Å². The Bertz CT molecular complexity index is 912. The standard InChI is InChI=1S/C19H17IN2O3S/c1-11-5-3-4-6-13(11)10-25-17-14(20)7-12(8-15(17)24-2)9-16-18(23)22-19(21)26-16/h3-9H,10H2,1-2H3,(H2,21,22,23). The molecule has 0 aliphatic carbocycles. The molecule has 1 fully saturated rings. The van der Waals surface area contributed by atoms with E-state index in [1.54, 1.807) is 13.2 Å². The van der Waals surface area contributed by atoms with Crippen molar-refractivity contribution in [2.75, 3.05) is 7.11 Å². The first-order chi connectivity index (χ1) is 12.5. The first-order valence-corrected chi connectivity index (χ1v) is 9.71. The number of halogens is 1. The quantitative estimate of drug-likeness (QED) is 0.494. The van der Waals surface area contributed by atoms with Crippen LogP contribution < -0.4 is 14.8 Å². The minimum atomic E-state index is -0.256. The zero-order chi connectivity index (χ0) is 18.7. The smallest absolute Gasteiger partial charge is 0.264 e. The van der Waals surface area contributed by atoms with Gasteiger partial charge in [-0.05, 0) is 76.2 Å². The van der Waals surface area contributed by atoms with Gasteiger partial charge in [-0.25, -0.2) is 0 Å². The number of benzene rings is 2. The molecular formula is C19H17IN2O3S. The Morgan fingerprint density at radius 3 is 2.73 bits per heavy atom. The second-order valence-electron chi connectivity index (χ2n) is 5.64. The van der Waals surface area contributed by atoms with Gasteiger partial charge in [-0.15, -0.1) is 0 Å². The van der Waals surface area contributed by atoms with Crippen LogP contribution in [0.25, 0.3) is 6.08 Å². The minimum absolute atomic E-state index is 0.140. The highest BCUT2D eigenvalue weighted by Crippen LogP contribution is 2.36. The maximum Gasteiger partial charge on any atom is 0.264 e. The number of methoxy groups -OCH3 is 1. The lowest BCUT2D eigenvalue weighted by Gasteiger charge is -2.14. The number of ether oxygens (including phenoxy) is 2. The molecule has 0 unspecified atom stereocenters. The van der Waals surface area contributed by atoms with Gasteiger partial charge in [0.15, 0.2) is 16.7 Å². The summed E-state index contributed by atoms with van der Waals surface area (Å²) < 4.78 is 12.4. The maximum absolute atomic E-state index is 11.8. The summed E-state index contributed by atoms with van der Waals surface area (Å²) in [6, 6.07) is 11.8. The maximum atomic E-state index is 11.8. The van der Waals surface area contributed by atoms with E-state index in [1.807, 2.05) is 30.3 Å². The Balaban J connectivity index is 1.86. The van der Waals surface area contributed by atoms with Gasteiger partial charge in [0.1, 0.15) is 6.61 Å². The molecule has 134 valence electrons. The van der Waals surface area contributed by atoms with Crippen molar-refractivity contribution < 1.29 is 14.3 Å². The second kappa shape index (κ2) is 8.13. The van der Waals surface area contributed by atoms with Crippen LogP contribution in [0, 0.1) is 15.9 Å². The molecule has 1 heterocycles. The fraction of sp³-hybridized carbons (Fsp3) is 0.158. The zero-order valence-electron chi connectivity index (χ0n) is 14.3. The molecule has 3 rings (SSSR count). The third-order valence-corrected chi connectivity index (χ3v) is 5.48. The Labute approximate surface area is 169 Å². The average molecular weight is 480 g/mol. The highest BCUT2D eigenvalue weighted by Gasteiger charge is 2.22. The number of amides is 1. The minimum Gasteiger partial charge on any atom is -0.493 e. The van der Waals surface area contributed by atoms with E-state index >= 15 is 0 Å². The van der Waals surface area contributed by atoms with E-state index in [0.29, 0.717) is 23.0 Å². The molecule has 0 atom stereocenters. The summed E-state index contributed by atoms with van der Waals surface area (Å²) in [5.41, 5.74) is 3.12. The molecule has 0 aromatic heterocycles. The monoisotopic (exact) mass is 480 g/mol. The lowest BCUT2D eigenvalue weighted by atomic mass is 10.1. The Hall–Kier alpha value is -2.00. The average Bonchev–Trinajstić information content (AvgIpc) is 2.92. The predicted octanol–water partition coefficient (Wildman–Crippen LogP) is 4.33. The summed E-state index contributed by atoms with van der Waals surface area (Å²) in [7, 11) is 1.59. The first kappa shape index (κ1) is 18.8. The summed E-state index contributed by atoms with van der Waals surface area (Å²) in [6.07, 6.45) is 1.75. The molecule has 2 N–H and O–H groups in total. The number of carbonyl (C=O) groups is 1. The molecule has 1 aliphatic rings. The topological polar surface area (TPSA) is 71.4 Å². The van der Waals surface area contributed by atoms with E-state index in [9.17, 15) is 4.79 Å². The van der Waals surface area contributed by atoms with E-state index in [2.05, 4.69) is 40.9 Å². The van der Waals surface area contributed by atoms with Crippen molar-refractivity contribution in [3.63, 3.8) is 0 Å². The summed E-state index contributed by atoms with van der Waals surface area (Å²) in [4.78, 5) is 12.3. The molecule has 1 amide bonds. The van der Waals surface area contributed by atoms with Crippen LogP contribution in [0.3, 0.4) is 0 Å². The van der Waals surface area contributed by atoms with Gasteiger partial charge in [-0.1, -0.05) is 24.3 Å². The molecule has 2 aromatic carbocycles. The van der Waals surface area contributed by atoms with Crippen LogP contribution in [0.5, 0.6) is 11.5 Å². The number of aryl methyl sites for hydroxylation is 1. The van der Waals surface area contributed by atoms with E-state index in [-0.39, 0.29) is 11.1 Å². The summed E-state index contributed by atoms with van der Waals surface area (Å²) >= 11 is 3.31. The van der Waals surface area contributed by atoms with Crippen LogP contribution in [0.15, 0.2) is 41.3 Å². The van der Waals surface area contributed by atoms with Gasteiger partial charge in [0.25, 0.3) is 5.91 Å². The summed E-state index contributed by atoms with van der Waals surface area (Å²) in [5.74, 6) is 1.03. The van der Waals surface area contributed by atoms with Crippen molar-refractivity contribution in [1.29, 1.82) is 5.41 Å². The van der Waals surface area contributed by atoms with Crippen molar-refractivity contribution in [3.05, 3.63) is 61.6 Å². The van der Waals surface area contributed by atoms with Gasteiger partial charge in [-0.2, -0.15) is 0 Å². The second-order valence-corrected chi connectivity index (χ2v) is 7.86. The molecular weight excluding hydrogens is 463 g/mol. The van der Waals surface area contributed by atoms with Gasteiger partial charge in [0, 0.05) is 0 Å². The largest absolute Gasteiger partial charge is 0.493 e. The zero-order valence-corrected chi connectivity index (χ0v) is 17.2. The number of nitrogens with one attached hydrogen (secondary N) is 2. The molecule has 5 nitrogen and oxygen atoms in total. The third kappa shape index (κ3) is 4.21. The normalized spacial score (nSPS) is 15.3. The SMILES string of the molecule is COc1cc(C=C2SC(=N)NC2=O)cc(I)c1OCc1ccccc1C. The van der Waals surface area contributed by atoms with Crippen LogP contribution in [0.1, 0.15) is 16.7 Å². The first-order valence-electron chi connectivity index (χ1n) is 7.82. The number of rotatable bonds is 5. The van der Waals surface area contributed by atoms with Crippen LogP contribution in [0.2, 0.25) is 0 Å². The lowest BCUT2D eigenvalue weighted by Crippen LogP contribution is -2.18. The van der Waals surface area contributed by atoms with Crippen molar-refractivity contribution in [3.8, 4) is 11.5 Å². The van der Waals surface area contributed by atoms with Crippen molar-refractivity contribution in [2.45, 2.75) is 13.5 Å². The summed E-state index contributed by atoms with van der Waals surface area (Å²) in [5, 5.41) is 10.1. The van der Waals surface area contributed by atoms with Crippen molar-refractivity contribution >= 4 is 51.5 Å². The number of hydrogen-bond donors (Lipinski definition) is 2. The fourth-order valence-electron chi connectivity index (χ4n) is 2.48. The molecule has 0 saturated carbocycles. The molecule has 1 aliphatic heterocycles.